The van der Waals surface area contributed by atoms with E-state index in [1.807, 2.05) is 19.9 Å². The molecule has 1 atom stereocenters. The van der Waals surface area contributed by atoms with Crippen LogP contribution in [0, 0.1) is 13.8 Å². The Kier molecular flexibility index (Phi) is 6.87. The van der Waals surface area contributed by atoms with Gasteiger partial charge in [0, 0.05) is 17.3 Å². The number of nitrogens with zero attached hydrogens (tertiary/aromatic N) is 3. The van der Waals surface area contributed by atoms with Gasteiger partial charge in [0.05, 0.1) is 48.2 Å². The molecule has 4 N–H and O–H groups in total. The highest BCUT2D eigenvalue weighted by Gasteiger charge is 2.24. The molecule has 0 aliphatic carbocycles. The Balaban J connectivity index is 1.63. The zero-order chi connectivity index (χ0) is 27.0. The highest BCUT2D eigenvalue weighted by Crippen LogP contribution is 2.33. The molecular formula is C26H25ClN6O5. The molecule has 4 heterocycles. The lowest BCUT2D eigenvalue weighted by Crippen LogP contribution is -2.22. The van der Waals surface area contributed by atoms with E-state index in [0.29, 0.717) is 58.1 Å². The summed E-state index contributed by atoms with van der Waals surface area (Å²) in [6.07, 6.45) is 1.39. The van der Waals surface area contributed by atoms with E-state index >= 15 is 0 Å². The van der Waals surface area contributed by atoms with Crippen molar-refractivity contribution in [1.82, 2.24) is 15.1 Å². The minimum atomic E-state index is -0.716. The normalized spacial score (nSPS) is 14.9. The Hall–Kier alpha value is -4.22. The average Bonchev–Trinajstić information content (AvgIpc) is 3.35. The number of aryl methyl sites for hydroxylation is 1. The van der Waals surface area contributed by atoms with Gasteiger partial charge in [-0.25, -0.2) is 9.78 Å². The maximum absolute atomic E-state index is 13.5. The number of H-pyrrole nitrogens is 1. The average molecular weight is 537 g/mol. The minimum Gasteiger partial charge on any atom is -0.455 e. The Bertz CT molecular complexity index is 1720. The fraction of sp³-hybridized carbons (Fsp3) is 0.269. The van der Waals surface area contributed by atoms with E-state index < -0.39 is 5.76 Å². The smallest absolute Gasteiger partial charge is 0.439 e. The van der Waals surface area contributed by atoms with Crippen LogP contribution in [0.2, 0.25) is 5.15 Å². The number of hydrogen-bond donors (Lipinski definition) is 3. The van der Waals surface area contributed by atoms with Crippen LogP contribution in [0.5, 0.6) is 0 Å². The summed E-state index contributed by atoms with van der Waals surface area (Å²) in [4.78, 5) is 36.4. The van der Waals surface area contributed by atoms with Gasteiger partial charge in [0.15, 0.2) is 5.43 Å². The zero-order valence-electron chi connectivity index (χ0n) is 20.9. The van der Waals surface area contributed by atoms with Gasteiger partial charge in [0.25, 0.3) is 0 Å². The molecule has 1 aliphatic rings. The number of halogens is 1. The minimum absolute atomic E-state index is 0.124. The summed E-state index contributed by atoms with van der Waals surface area (Å²) in [5.41, 5.74) is 10.3. The van der Waals surface area contributed by atoms with Gasteiger partial charge in [-0.3, -0.25) is 19.3 Å². The molecular weight excluding hydrogens is 512 g/mol. The number of benzene rings is 1. The summed E-state index contributed by atoms with van der Waals surface area (Å²) >= 11 is 6.11. The molecule has 4 aromatic rings. The van der Waals surface area contributed by atoms with Crippen molar-refractivity contribution in [3.05, 3.63) is 78.8 Å². The number of ether oxygens (including phenoxy) is 1. The summed E-state index contributed by atoms with van der Waals surface area (Å²) in [6.45, 7) is 6.84. The maximum Gasteiger partial charge on any atom is 0.439 e. The third-order valence-electron chi connectivity index (χ3n) is 6.26. The summed E-state index contributed by atoms with van der Waals surface area (Å²) in [6, 6.07) is 6.69. The topological polar surface area (TPSA) is 162 Å². The lowest BCUT2D eigenvalue weighted by molar-refractivity contribution is 0.172. The first-order valence-corrected chi connectivity index (χ1v) is 12.3. The van der Waals surface area contributed by atoms with Crippen molar-refractivity contribution in [3.63, 3.8) is 0 Å². The van der Waals surface area contributed by atoms with Gasteiger partial charge < -0.3 is 20.2 Å². The van der Waals surface area contributed by atoms with Crippen LogP contribution in [0.15, 0.2) is 54.0 Å². The van der Waals surface area contributed by atoms with E-state index in [1.165, 1.54) is 6.20 Å². The highest BCUT2D eigenvalue weighted by atomic mass is 35.5. The van der Waals surface area contributed by atoms with Crippen molar-refractivity contribution in [1.29, 1.82) is 0 Å². The summed E-state index contributed by atoms with van der Waals surface area (Å²) in [7, 11) is 0. The number of nitrogens with one attached hydrogen (secondary N) is 2. The third kappa shape index (κ3) is 4.73. The van der Waals surface area contributed by atoms with Gasteiger partial charge >= 0.3 is 5.76 Å². The summed E-state index contributed by atoms with van der Waals surface area (Å²) < 4.78 is 16.6. The first kappa shape index (κ1) is 25.4. The highest BCUT2D eigenvalue weighted by molar-refractivity contribution is 6.29. The van der Waals surface area contributed by atoms with Crippen LogP contribution < -0.4 is 22.2 Å². The SMILES string of the molecule is Cc1cc(C(C)Nc2ccc(Cl)nc2-c2noc(=O)[nH]2)c2oc(/C(=C/N)C3=NCCOC3)c(C)c(=O)c2c1. The first-order valence-electron chi connectivity index (χ1n) is 11.9. The molecule has 0 bridgehead atoms. The molecule has 0 radical (unpaired) electrons. The lowest BCUT2D eigenvalue weighted by atomic mass is 9.98. The molecule has 0 amide bonds. The fourth-order valence-electron chi connectivity index (χ4n) is 4.45. The molecule has 38 heavy (non-hydrogen) atoms. The van der Waals surface area contributed by atoms with E-state index in [1.54, 1.807) is 25.1 Å². The largest absolute Gasteiger partial charge is 0.455 e. The molecule has 0 saturated heterocycles. The number of fused-ring (bicyclic) bond motifs is 1. The van der Waals surface area contributed by atoms with Gasteiger partial charge in [-0.15, -0.1) is 0 Å². The standard InChI is InChI=1S/C26H25ClN6O5/c1-12-8-15(14(3)30-18-4-5-20(27)31-21(18)25-32-26(35)38-33-25)24-16(9-12)22(34)13(2)23(37-24)17(10-28)19-11-36-7-6-29-19/h4-5,8-10,14,30H,6-7,11,28H2,1-3H3,(H,32,33,35)/b17-10+. The van der Waals surface area contributed by atoms with Gasteiger partial charge in [-0.2, -0.15) is 0 Å². The van der Waals surface area contributed by atoms with Crippen LogP contribution in [0.1, 0.15) is 35.4 Å². The molecule has 11 nitrogen and oxygen atoms in total. The Morgan fingerprint density at radius 2 is 2.08 bits per heavy atom. The Labute approximate surface area is 221 Å². The molecule has 196 valence electrons. The molecule has 0 spiro atoms. The van der Waals surface area contributed by atoms with Crippen LogP contribution in [0.4, 0.5) is 5.69 Å². The van der Waals surface area contributed by atoms with E-state index in [2.05, 4.69) is 30.0 Å². The van der Waals surface area contributed by atoms with Crippen LogP contribution >= 0.6 is 11.6 Å². The quantitative estimate of drug-likeness (QED) is 0.311. The molecule has 12 heteroatoms. The van der Waals surface area contributed by atoms with Crippen LogP contribution in [0.25, 0.3) is 28.1 Å². The molecule has 0 saturated carbocycles. The number of anilines is 1. The zero-order valence-corrected chi connectivity index (χ0v) is 21.7. The molecule has 1 unspecified atom stereocenters. The Morgan fingerprint density at radius 1 is 1.26 bits per heavy atom. The number of nitrogens with two attached hydrogens (primary N) is 1. The van der Waals surface area contributed by atoms with Gasteiger partial charge in [-0.05, 0) is 44.5 Å². The van der Waals surface area contributed by atoms with Crippen molar-refractivity contribution in [2.24, 2.45) is 10.7 Å². The fourth-order valence-corrected chi connectivity index (χ4v) is 4.59. The number of pyridine rings is 1. The second kappa shape index (κ2) is 10.3. The van der Waals surface area contributed by atoms with Gasteiger partial charge in [0.2, 0.25) is 5.82 Å². The van der Waals surface area contributed by atoms with E-state index in [9.17, 15) is 9.59 Å². The van der Waals surface area contributed by atoms with Crippen molar-refractivity contribution >= 4 is 39.5 Å². The third-order valence-corrected chi connectivity index (χ3v) is 6.47. The second-order valence-corrected chi connectivity index (χ2v) is 9.30. The molecule has 0 fully saturated rings. The lowest BCUT2D eigenvalue weighted by Gasteiger charge is -2.21. The monoisotopic (exact) mass is 536 g/mol. The van der Waals surface area contributed by atoms with Crippen LogP contribution in [-0.4, -0.2) is 40.6 Å². The number of aromatic amines is 1. The molecule has 5 rings (SSSR count). The second-order valence-electron chi connectivity index (χ2n) is 8.92. The number of rotatable bonds is 6. The molecule has 3 aromatic heterocycles. The summed E-state index contributed by atoms with van der Waals surface area (Å²) in [5, 5.41) is 7.77. The van der Waals surface area contributed by atoms with Crippen molar-refractivity contribution in [2.45, 2.75) is 26.8 Å². The summed E-state index contributed by atoms with van der Waals surface area (Å²) in [5.74, 6) is -0.244. The Morgan fingerprint density at radius 3 is 2.76 bits per heavy atom. The predicted molar refractivity (Wildman–Crippen MR) is 145 cm³/mol. The maximum atomic E-state index is 13.5. The van der Waals surface area contributed by atoms with Crippen molar-refractivity contribution < 1.29 is 13.7 Å². The van der Waals surface area contributed by atoms with E-state index in [4.69, 9.17) is 26.5 Å². The van der Waals surface area contributed by atoms with Crippen LogP contribution in [-0.2, 0) is 4.74 Å². The number of hydrogen-bond acceptors (Lipinski definition) is 10. The number of aliphatic imine (C=N–C) groups is 1. The van der Waals surface area contributed by atoms with Crippen LogP contribution in [0.3, 0.4) is 0 Å². The van der Waals surface area contributed by atoms with Crippen molar-refractivity contribution in [2.75, 3.05) is 25.1 Å². The van der Waals surface area contributed by atoms with Gasteiger partial charge in [0.1, 0.15) is 22.2 Å². The predicted octanol–water partition coefficient (Wildman–Crippen LogP) is 3.75. The molecule has 1 aliphatic heterocycles. The van der Waals surface area contributed by atoms with Gasteiger partial charge in [-0.1, -0.05) is 22.8 Å². The van der Waals surface area contributed by atoms with E-state index in [0.717, 1.165) is 11.1 Å². The van der Waals surface area contributed by atoms with Crippen molar-refractivity contribution in [3.8, 4) is 11.5 Å². The number of aromatic nitrogens is 3. The van der Waals surface area contributed by atoms with E-state index in [-0.39, 0.29) is 29.1 Å². The molecule has 1 aromatic carbocycles. The first-order chi connectivity index (χ1) is 18.3.